The Balaban J connectivity index is 3.25. The fraction of sp³-hybridized carbons (Fsp3) is 0.643. The van der Waals surface area contributed by atoms with Gasteiger partial charge in [-0.1, -0.05) is 20.8 Å². The Morgan fingerprint density at radius 1 is 1.40 bits per heavy atom. The molecule has 0 unspecified atom stereocenters. The molecule has 1 heterocycles. The van der Waals surface area contributed by atoms with E-state index in [2.05, 4.69) is 29.1 Å². The number of anilines is 2. The molecule has 1 amide bonds. The van der Waals surface area contributed by atoms with Gasteiger partial charge in [0.2, 0.25) is 5.91 Å². The van der Waals surface area contributed by atoms with Gasteiger partial charge in [-0.15, -0.1) is 0 Å². The number of carbonyl (C=O) groups is 1. The highest BCUT2D eigenvalue weighted by Crippen LogP contribution is 2.24. The Labute approximate surface area is 120 Å². The van der Waals surface area contributed by atoms with E-state index in [-0.39, 0.29) is 12.5 Å². The molecule has 1 aromatic heterocycles. The highest BCUT2D eigenvalue weighted by molar-refractivity contribution is 5.79. The van der Waals surface area contributed by atoms with E-state index in [9.17, 15) is 4.79 Å². The summed E-state index contributed by atoms with van der Waals surface area (Å²) < 4.78 is 0. The van der Waals surface area contributed by atoms with Crippen LogP contribution in [0.4, 0.5) is 11.6 Å². The summed E-state index contributed by atoms with van der Waals surface area (Å²) in [5, 5.41) is 3.08. The molecule has 3 N–H and O–H groups in total. The molecule has 6 nitrogen and oxygen atoms in total. The summed E-state index contributed by atoms with van der Waals surface area (Å²) in [5.41, 5.74) is 6.29. The van der Waals surface area contributed by atoms with Gasteiger partial charge in [0, 0.05) is 25.6 Å². The van der Waals surface area contributed by atoms with E-state index in [1.54, 1.807) is 0 Å². The third-order valence-corrected chi connectivity index (χ3v) is 2.95. The van der Waals surface area contributed by atoms with Crippen molar-refractivity contribution in [3.63, 3.8) is 0 Å². The van der Waals surface area contributed by atoms with Crippen LogP contribution in [0, 0.1) is 12.8 Å². The average molecular weight is 279 g/mol. The van der Waals surface area contributed by atoms with Crippen LogP contribution in [0.25, 0.3) is 0 Å². The van der Waals surface area contributed by atoms with Gasteiger partial charge < -0.3 is 16.0 Å². The minimum absolute atomic E-state index is 0.169. The topological polar surface area (TPSA) is 84.1 Å². The largest absolute Gasteiger partial charge is 0.373 e. The second-order valence-electron chi connectivity index (χ2n) is 5.28. The number of nitrogens with zero attached hydrogens (tertiary/aromatic N) is 3. The molecular weight excluding hydrogens is 254 g/mol. The van der Waals surface area contributed by atoms with Crippen molar-refractivity contribution in [3.8, 4) is 0 Å². The van der Waals surface area contributed by atoms with Crippen LogP contribution in [-0.4, -0.2) is 36.0 Å². The maximum absolute atomic E-state index is 11.3. The Morgan fingerprint density at radius 3 is 2.50 bits per heavy atom. The number of primary amides is 1. The summed E-state index contributed by atoms with van der Waals surface area (Å²) in [7, 11) is 1.83. The maximum Gasteiger partial charge on any atom is 0.236 e. The summed E-state index contributed by atoms with van der Waals surface area (Å²) in [5.74, 6) is 2.39. The Hall–Kier alpha value is -1.85. The summed E-state index contributed by atoms with van der Waals surface area (Å²) >= 11 is 0. The maximum atomic E-state index is 11.3. The van der Waals surface area contributed by atoms with E-state index in [4.69, 9.17) is 5.73 Å². The minimum Gasteiger partial charge on any atom is -0.373 e. The van der Waals surface area contributed by atoms with Crippen molar-refractivity contribution in [1.29, 1.82) is 0 Å². The van der Waals surface area contributed by atoms with Gasteiger partial charge in [0.1, 0.15) is 17.5 Å². The minimum atomic E-state index is -0.354. The van der Waals surface area contributed by atoms with Gasteiger partial charge in [-0.05, 0) is 12.8 Å². The third-order valence-electron chi connectivity index (χ3n) is 2.95. The quantitative estimate of drug-likeness (QED) is 0.787. The number of carbonyl (C=O) groups excluding carboxylic acids is 1. The van der Waals surface area contributed by atoms with E-state index < -0.39 is 0 Å². The summed E-state index contributed by atoms with van der Waals surface area (Å²) in [6.45, 7) is 9.06. The molecule has 0 radical (unpaired) electrons. The van der Waals surface area contributed by atoms with E-state index >= 15 is 0 Å². The van der Waals surface area contributed by atoms with Crippen molar-refractivity contribution in [2.45, 2.75) is 34.1 Å². The van der Waals surface area contributed by atoms with Crippen molar-refractivity contribution < 1.29 is 4.79 Å². The van der Waals surface area contributed by atoms with Crippen molar-refractivity contribution >= 4 is 17.5 Å². The molecule has 0 spiro atoms. The standard InChI is InChI=1S/C14H25N5O/c1-6-12-17-13(16-5)10(4)14(18-12)19(7-9(2)3)8-11(15)20/h9H,6-8H2,1-5H3,(H2,15,20)(H,16,17,18). The van der Waals surface area contributed by atoms with E-state index in [1.165, 1.54) is 0 Å². The first kappa shape index (κ1) is 16.2. The summed E-state index contributed by atoms with van der Waals surface area (Å²) in [6.07, 6.45) is 0.744. The van der Waals surface area contributed by atoms with E-state index in [1.807, 2.05) is 25.8 Å². The van der Waals surface area contributed by atoms with Crippen LogP contribution in [0.15, 0.2) is 0 Å². The number of nitrogens with one attached hydrogen (secondary N) is 1. The molecule has 0 aliphatic heterocycles. The van der Waals surface area contributed by atoms with Gasteiger partial charge in [-0.25, -0.2) is 9.97 Å². The molecular formula is C14H25N5O. The number of hydrogen-bond acceptors (Lipinski definition) is 5. The molecule has 0 fully saturated rings. The molecule has 0 bridgehead atoms. The van der Waals surface area contributed by atoms with Crippen LogP contribution in [0.3, 0.4) is 0 Å². The van der Waals surface area contributed by atoms with Crippen molar-refractivity contribution in [2.24, 2.45) is 11.7 Å². The van der Waals surface area contributed by atoms with Crippen LogP contribution in [-0.2, 0) is 11.2 Å². The first-order chi connectivity index (χ1) is 9.38. The van der Waals surface area contributed by atoms with Gasteiger partial charge in [0.05, 0.1) is 6.54 Å². The Kier molecular flexibility index (Phi) is 5.73. The zero-order valence-corrected chi connectivity index (χ0v) is 13.0. The van der Waals surface area contributed by atoms with Crippen LogP contribution < -0.4 is 16.0 Å². The van der Waals surface area contributed by atoms with Gasteiger partial charge in [0.15, 0.2) is 0 Å². The fourth-order valence-corrected chi connectivity index (χ4v) is 2.11. The molecule has 0 saturated heterocycles. The van der Waals surface area contributed by atoms with Gasteiger partial charge in [-0.3, -0.25) is 4.79 Å². The second-order valence-corrected chi connectivity index (χ2v) is 5.28. The molecule has 6 heteroatoms. The molecule has 0 aliphatic carbocycles. The van der Waals surface area contributed by atoms with Crippen LogP contribution in [0.2, 0.25) is 0 Å². The molecule has 20 heavy (non-hydrogen) atoms. The lowest BCUT2D eigenvalue weighted by molar-refractivity contribution is -0.116. The lowest BCUT2D eigenvalue weighted by Crippen LogP contribution is -2.37. The number of aromatic nitrogens is 2. The molecule has 1 rings (SSSR count). The van der Waals surface area contributed by atoms with Gasteiger partial charge in [-0.2, -0.15) is 0 Å². The number of amides is 1. The third kappa shape index (κ3) is 4.08. The van der Waals surface area contributed by atoms with Crippen LogP contribution in [0.1, 0.15) is 32.2 Å². The predicted molar refractivity (Wildman–Crippen MR) is 81.9 cm³/mol. The molecule has 0 atom stereocenters. The normalized spacial score (nSPS) is 10.7. The Bertz CT molecular complexity index is 473. The van der Waals surface area contributed by atoms with Gasteiger partial charge in [0.25, 0.3) is 0 Å². The number of nitrogens with two attached hydrogens (primary N) is 1. The van der Waals surface area contributed by atoms with Gasteiger partial charge >= 0.3 is 0 Å². The lowest BCUT2D eigenvalue weighted by atomic mass is 10.2. The SMILES string of the molecule is CCc1nc(NC)c(C)c(N(CC(N)=O)CC(C)C)n1. The van der Waals surface area contributed by atoms with Crippen molar-refractivity contribution in [3.05, 3.63) is 11.4 Å². The first-order valence-electron chi connectivity index (χ1n) is 6.97. The molecule has 0 aliphatic rings. The molecule has 0 saturated carbocycles. The predicted octanol–water partition coefficient (Wildman–Crippen LogP) is 1.34. The zero-order chi connectivity index (χ0) is 15.3. The highest BCUT2D eigenvalue weighted by atomic mass is 16.1. The number of hydrogen-bond donors (Lipinski definition) is 2. The Morgan fingerprint density at radius 2 is 2.05 bits per heavy atom. The smallest absolute Gasteiger partial charge is 0.236 e. The first-order valence-corrected chi connectivity index (χ1v) is 6.97. The van der Waals surface area contributed by atoms with Crippen molar-refractivity contribution in [1.82, 2.24) is 9.97 Å². The highest BCUT2D eigenvalue weighted by Gasteiger charge is 2.18. The molecule has 1 aromatic rings. The number of aryl methyl sites for hydroxylation is 1. The zero-order valence-electron chi connectivity index (χ0n) is 13.0. The molecule has 0 aromatic carbocycles. The summed E-state index contributed by atoms with van der Waals surface area (Å²) in [4.78, 5) is 22.3. The fourth-order valence-electron chi connectivity index (χ4n) is 2.11. The van der Waals surface area contributed by atoms with E-state index in [0.29, 0.717) is 5.92 Å². The summed E-state index contributed by atoms with van der Waals surface area (Å²) in [6, 6.07) is 0. The lowest BCUT2D eigenvalue weighted by Gasteiger charge is -2.26. The monoisotopic (exact) mass is 279 g/mol. The average Bonchev–Trinajstić information content (AvgIpc) is 2.37. The van der Waals surface area contributed by atoms with E-state index in [0.717, 1.165) is 36.0 Å². The molecule has 112 valence electrons. The van der Waals surface area contributed by atoms with Crippen LogP contribution in [0.5, 0.6) is 0 Å². The van der Waals surface area contributed by atoms with Crippen LogP contribution >= 0.6 is 0 Å². The second kappa shape index (κ2) is 7.07. The number of rotatable bonds is 7. The van der Waals surface area contributed by atoms with Crippen molar-refractivity contribution in [2.75, 3.05) is 30.4 Å².